The fourth-order valence-corrected chi connectivity index (χ4v) is 1.78. The van der Waals surface area contributed by atoms with Gasteiger partial charge in [0.1, 0.15) is 5.75 Å². The lowest BCUT2D eigenvalue weighted by Gasteiger charge is -2.04. The van der Waals surface area contributed by atoms with Crippen LogP contribution in [0.1, 0.15) is 5.89 Å². The zero-order valence-corrected chi connectivity index (χ0v) is 12.0. The van der Waals surface area contributed by atoms with Crippen molar-refractivity contribution < 1.29 is 9.26 Å². The monoisotopic (exact) mass is 332 g/mol. The summed E-state index contributed by atoms with van der Waals surface area (Å²) in [5.74, 6) is 1.64. The molecule has 0 aliphatic rings. The molecular formula is C13H9BrN4O2. The molecule has 0 fully saturated rings. The lowest BCUT2D eigenvalue weighted by molar-refractivity contribution is 0.394. The summed E-state index contributed by atoms with van der Waals surface area (Å²) in [5.41, 5.74) is 0.802. The molecule has 0 amide bonds. The van der Waals surface area contributed by atoms with Gasteiger partial charge in [0.05, 0.1) is 4.47 Å². The van der Waals surface area contributed by atoms with Crippen molar-refractivity contribution in [1.29, 1.82) is 0 Å². The molecule has 0 unspecified atom stereocenters. The van der Waals surface area contributed by atoms with Crippen molar-refractivity contribution in [3.63, 3.8) is 0 Å². The van der Waals surface area contributed by atoms with Crippen LogP contribution in [-0.2, 0) is 0 Å². The van der Waals surface area contributed by atoms with Gasteiger partial charge in [0.2, 0.25) is 11.7 Å². The molecule has 3 aromatic rings. The standard InChI is InChI=1S/C13H9BrN4O2/c1-8-17-12(18-20-8)9-3-2-4-11(5-9)19-13-15-6-10(14)7-16-13/h2-7H,1H3. The highest BCUT2D eigenvalue weighted by Crippen LogP contribution is 2.24. The van der Waals surface area contributed by atoms with Gasteiger partial charge < -0.3 is 9.26 Å². The van der Waals surface area contributed by atoms with Gasteiger partial charge in [-0.2, -0.15) is 4.98 Å². The molecule has 0 atom stereocenters. The summed E-state index contributed by atoms with van der Waals surface area (Å²) >= 11 is 3.27. The summed E-state index contributed by atoms with van der Waals surface area (Å²) in [6.45, 7) is 1.74. The van der Waals surface area contributed by atoms with Crippen LogP contribution < -0.4 is 4.74 Å². The first kappa shape index (κ1) is 12.7. The Balaban J connectivity index is 1.86. The maximum Gasteiger partial charge on any atom is 0.321 e. The Morgan fingerprint density at radius 2 is 2.00 bits per heavy atom. The third-order valence-corrected chi connectivity index (χ3v) is 2.84. The van der Waals surface area contributed by atoms with E-state index in [1.165, 1.54) is 0 Å². The fourth-order valence-electron chi connectivity index (χ4n) is 1.57. The molecular weight excluding hydrogens is 324 g/mol. The highest BCUT2D eigenvalue weighted by atomic mass is 79.9. The summed E-state index contributed by atoms with van der Waals surface area (Å²) in [4.78, 5) is 12.3. The van der Waals surface area contributed by atoms with Crippen LogP contribution in [0.25, 0.3) is 11.4 Å². The van der Waals surface area contributed by atoms with Crippen molar-refractivity contribution in [2.75, 3.05) is 0 Å². The van der Waals surface area contributed by atoms with Crippen LogP contribution in [0, 0.1) is 6.92 Å². The number of rotatable bonds is 3. The Hall–Kier alpha value is -2.28. The SMILES string of the molecule is Cc1nc(-c2cccc(Oc3ncc(Br)cn3)c2)no1. The first-order valence-electron chi connectivity index (χ1n) is 5.77. The number of nitrogens with zero attached hydrogens (tertiary/aromatic N) is 4. The Kier molecular flexibility index (Phi) is 3.42. The lowest BCUT2D eigenvalue weighted by atomic mass is 10.2. The molecule has 1 aromatic carbocycles. The van der Waals surface area contributed by atoms with E-state index in [9.17, 15) is 0 Å². The molecule has 100 valence electrons. The van der Waals surface area contributed by atoms with E-state index in [4.69, 9.17) is 9.26 Å². The summed E-state index contributed by atoms with van der Waals surface area (Å²) in [6, 6.07) is 7.60. The topological polar surface area (TPSA) is 73.9 Å². The van der Waals surface area contributed by atoms with E-state index in [1.807, 2.05) is 18.2 Å². The van der Waals surface area contributed by atoms with Crippen molar-refractivity contribution in [2.24, 2.45) is 0 Å². The molecule has 7 heteroatoms. The minimum absolute atomic E-state index is 0.273. The minimum Gasteiger partial charge on any atom is -0.424 e. The average Bonchev–Trinajstić information content (AvgIpc) is 2.89. The van der Waals surface area contributed by atoms with E-state index in [0.717, 1.165) is 10.0 Å². The molecule has 0 bridgehead atoms. The summed E-state index contributed by atoms with van der Waals surface area (Å²) in [7, 11) is 0. The quantitative estimate of drug-likeness (QED) is 0.731. The van der Waals surface area contributed by atoms with Gasteiger partial charge in [0.15, 0.2) is 0 Å². The van der Waals surface area contributed by atoms with Gasteiger partial charge >= 0.3 is 6.01 Å². The van der Waals surface area contributed by atoms with E-state index in [0.29, 0.717) is 17.5 Å². The molecule has 2 aromatic heterocycles. The molecule has 0 N–H and O–H groups in total. The Morgan fingerprint density at radius 1 is 1.20 bits per heavy atom. The van der Waals surface area contributed by atoms with Gasteiger partial charge in [-0.05, 0) is 28.1 Å². The highest BCUT2D eigenvalue weighted by Gasteiger charge is 2.07. The maximum absolute atomic E-state index is 5.57. The summed E-state index contributed by atoms with van der Waals surface area (Å²) < 4.78 is 11.3. The first-order valence-corrected chi connectivity index (χ1v) is 6.56. The van der Waals surface area contributed by atoms with Gasteiger partial charge in [-0.1, -0.05) is 17.3 Å². The normalized spacial score (nSPS) is 10.5. The third-order valence-electron chi connectivity index (χ3n) is 2.43. The Morgan fingerprint density at radius 3 is 2.70 bits per heavy atom. The van der Waals surface area contributed by atoms with Crippen molar-refractivity contribution in [3.8, 4) is 23.1 Å². The van der Waals surface area contributed by atoms with Gasteiger partial charge in [-0.15, -0.1) is 0 Å². The molecule has 20 heavy (non-hydrogen) atoms. The molecule has 0 aliphatic heterocycles. The highest BCUT2D eigenvalue weighted by molar-refractivity contribution is 9.10. The van der Waals surface area contributed by atoms with Crippen LogP contribution in [-0.4, -0.2) is 20.1 Å². The van der Waals surface area contributed by atoms with Crippen molar-refractivity contribution in [1.82, 2.24) is 20.1 Å². The second-order valence-electron chi connectivity index (χ2n) is 3.95. The molecule has 3 rings (SSSR count). The average molecular weight is 333 g/mol. The number of ether oxygens (including phenoxy) is 1. The summed E-state index contributed by atoms with van der Waals surface area (Å²) in [5, 5.41) is 3.87. The van der Waals surface area contributed by atoms with Gasteiger partial charge in [0.25, 0.3) is 0 Å². The van der Waals surface area contributed by atoms with Crippen LogP contribution in [0.5, 0.6) is 11.8 Å². The molecule has 2 heterocycles. The lowest BCUT2D eigenvalue weighted by Crippen LogP contribution is -1.91. The number of aromatic nitrogens is 4. The molecule has 0 aliphatic carbocycles. The Labute approximate surface area is 123 Å². The number of benzene rings is 1. The summed E-state index contributed by atoms with van der Waals surface area (Å²) in [6.07, 6.45) is 3.24. The third kappa shape index (κ3) is 2.83. The van der Waals surface area contributed by atoms with E-state index < -0.39 is 0 Å². The molecule has 6 nitrogen and oxygen atoms in total. The number of aryl methyl sites for hydroxylation is 1. The zero-order chi connectivity index (χ0) is 13.9. The van der Waals surface area contributed by atoms with E-state index >= 15 is 0 Å². The van der Waals surface area contributed by atoms with Crippen LogP contribution >= 0.6 is 15.9 Å². The zero-order valence-electron chi connectivity index (χ0n) is 10.4. The van der Waals surface area contributed by atoms with Gasteiger partial charge in [-0.3, -0.25) is 0 Å². The predicted octanol–water partition coefficient (Wildman–Crippen LogP) is 3.39. The van der Waals surface area contributed by atoms with Crippen LogP contribution in [0.15, 0.2) is 45.7 Å². The largest absolute Gasteiger partial charge is 0.424 e. The fraction of sp³-hybridized carbons (Fsp3) is 0.0769. The Bertz CT molecular complexity index is 727. The minimum atomic E-state index is 0.273. The predicted molar refractivity (Wildman–Crippen MR) is 74.3 cm³/mol. The van der Waals surface area contributed by atoms with Crippen LogP contribution in [0.4, 0.5) is 0 Å². The smallest absolute Gasteiger partial charge is 0.321 e. The van der Waals surface area contributed by atoms with Crippen molar-refractivity contribution in [2.45, 2.75) is 6.92 Å². The molecule has 0 radical (unpaired) electrons. The second-order valence-corrected chi connectivity index (χ2v) is 4.87. The van der Waals surface area contributed by atoms with Crippen LogP contribution in [0.2, 0.25) is 0 Å². The van der Waals surface area contributed by atoms with E-state index in [2.05, 4.69) is 36.0 Å². The van der Waals surface area contributed by atoms with Gasteiger partial charge in [0, 0.05) is 24.9 Å². The first-order chi connectivity index (χ1) is 9.70. The van der Waals surface area contributed by atoms with Crippen molar-refractivity contribution >= 4 is 15.9 Å². The van der Waals surface area contributed by atoms with Crippen LogP contribution in [0.3, 0.4) is 0 Å². The number of halogens is 1. The van der Waals surface area contributed by atoms with Gasteiger partial charge in [-0.25, -0.2) is 9.97 Å². The number of hydrogen-bond acceptors (Lipinski definition) is 6. The maximum atomic E-state index is 5.57. The molecule has 0 saturated heterocycles. The molecule has 0 saturated carbocycles. The van der Waals surface area contributed by atoms with E-state index in [-0.39, 0.29) is 6.01 Å². The molecule has 0 spiro atoms. The van der Waals surface area contributed by atoms with E-state index in [1.54, 1.807) is 25.4 Å². The van der Waals surface area contributed by atoms with Crippen molar-refractivity contribution in [3.05, 3.63) is 47.0 Å². The second kappa shape index (κ2) is 5.38. The number of hydrogen-bond donors (Lipinski definition) is 0.